The molecule has 12 heteroatoms. The molecule has 0 saturated carbocycles. The number of nitrogens with one attached hydrogen (secondary N) is 1. The maximum atomic E-state index is 12.4. The number of aromatic carboxylic acids is 1. The van der Waals surface area contributed by atoms with Crippen molar-refractivity contribution in [3.8, 4) is 17.0 Å². The van der Waals surface area contributed by atoms with Gasteiger partial charge in [0.1, 0.15) is 5.75 Å². The zero-order valence-electron chi connectivity index (χ0n) is 18.9. The van der Waals surface area contributed by atoms with E-state index in [1.54, 1.807) is 0 Å². The average Bonchev–Trinajstić information content (AvgIpc) is 2.93. The first-order valence-corrected chi connectivity index (χ1v) is 10.6. The number of rotatable bonds is 4. The molecule has 0 fully saturated rings. The lowest BCUT2D eigenvalue weighted by Gasteiger charge is -2.14. The van der Waals surface area contributed by atoms with Gasteiger partial charge in [-0.3, -0.25) is 4.79 Å². The fourth-order valence-electron chi connectivity index (χ4n) is 4.17. The van der Waals surface area contributed by atoms with E-state index in [0.717, 1.165) is 48.1 Å². The summed E-state index contributed by atoms with van der Waals surface area (Å²) in [5, 5.41) is 28.0. The standard InChI is InChI=1S/C21H23N3O4.C2HF3O2/c1-23(2)10-11-24-14-8-4-3-6-12(14)16-15(24)9-5-7-13-18(16)22-20(26)17(19(13)25)21(27)28;3-2(4,5)1(6)7/h3-4,6,8H,5,7,9-11H2,1-2H3,(H,27,28)(H2,22,25,26);(H,6,7). The highest BCUT2D eigenvalue weighted by molar-refractivity contribution is 6.00. The molecular weight excluding hydrogens is 471 g/mol. The zero-order chi connectivity index (χ0) is 26.1. The van der Waals surface area contributed by atoms with Gasteiger partial charge in [0.25, 0.3) is 5.56 Å². The fraction of sp³-hybridized carbons (Fsp3) is 0.348. The maximum absolute atomic E-state index is 12.4. The third-order valence-electron chi connectivity index (χ3n) is 5.69. The number of aliphatic carboxylic acids is 1. The number of aromatic amines is 1. The van der Waals surface area contributed by atoms with E-state index < -0.39 is 35.0 Å². The van der Waals surface area contributed by atoms with Crippen LogP contribution >= 0.6 is 0 Å². The monoisotopic (exact) mass is 495 g/mol. The van der Waals surface area contributed by atoms with Crippen LogP contribution in [0.3, 0.4) is 0 Å². The molecule has 3 aromatic rings. The summed E-state index contributed by atoms with van der Waals surface area (Å²) < 4.78 is 34.0. The summed E-state index contributed by atoms with van der Waals surface area (Å²) in [6.45, 7) is 1.68. The Bertz CT molecular complexity index is 1340. The molecule has 0 aliphatic heterocycles. The number of hydrogen-bond donors (Lipinski definition) is 4. The summed E-state index contributed by atoms with van der Waals surface area (Å²) in [5.74, 6) is -4.59. The number of aromatic hydroxyl groups is 1. The number of nitrogens with zero attached hydrogens (tertiary/aromatic N) is 2. The molecule has 0 unspecified atom stereocenters. The molecule has 4 N–H and O–H groups in total. The number of para-hydroxylation sites is 1. The Morgan fingerprint density at radius 1 is 1.14 bits per heavy atom. The predicted octanol–water partition coefficient (Wildman–Crippen LogP) is 3.08. The van der Waals surface area contributed by atoms with E-state index in [2.05, 4.69) is 20.5 Å². The second-order valence-electron chi connectivity index (χ2n) is 8.29. The Kier molecular flexibility index (Phi) is 7.25. The first-order valence-electron chi connectivity index (χ1n) is 10.6. The van der Waals surface area contributed by atoms with Crippen LogP contribution in [0.5, 0.6) is 5.75 Å². The molecule has 1 aliphatic rings. The zero-order valence-corrected chi connectivity index (χ0v) is 18.9. The molecule has 0 radical (unpaired) electrons. The van der Waals surface area contributed by atoms with E-state index in [-0.39, 0.29) is 0 Å². The first-order chi connectivity index (χ1) is 16.3. The largest absolute Gasteiger partial charge is 0.506 e. The minimum Gasteiger partial charge on any atom is -0.506 e. The maximum Gasteiger partial charge on any atom is 0.490 e. The van der Waals surface area contributed by atoms with Crippen LogP contribution in [0, 0.1) is 0 Å². The van der Waals surface area contributed by atoms with Crippen LogP contribution in [-0.4, -0.2) is 68.5 Å². The first kappa shape index (κ1) is 25.8. The van der Waals surface area contributed by atoms with Gasteiger partial charge in [-0.15, -0.1) is 0 Å². The molecular formula is C23H24F3N3O6. The number of carboxylic acid groups (broad SMARTS) is 2. The molecule has 2 aromatic heterocycles. The highest BCUT2D eigenvalue weighted by atomic mass is 19.4. The van der Waals surface area contributed by atoms with Crippen molar-refractivity contribution < 1.29 is 38.1 Å². The van der Waals surface area contributed by atoms with Crippen molar-refractivity contribution in [2.45, 2.75) is 32.0 Å². The quantitative estimate of drug-likeness (QED) is 0.437. The van der Waals surface area contributed by atoms with Gasteiger partial charge in [-0.05, 0) is 39.4 Å². The number of benzene rings is 1. The molecule has 0 spiro atoms. The summed E-state index contributed by atoms with van der Waals surface area (Å²) in [7, 11) is 4.06. The van der Waals surface area contributed by atoms with Gasteiger partial charge >= 0.3 is 18.1 Å². The van der Waals surface area contributed by atoms with Gasteiger partial charge in [-0.1, -0.05) is 18.2 Å². The minimum atomic E-state index is -5.08. The average molecular weight is 495 g/mol. The molecule has 0 amide bonds. The normalized spacial score (nSPS) is 13.0. The van der Waals surface area contributed by atoms with E-state index in [1.165, 1.54) is 0 Å². The van der Waals surface area contributed by atoms with E-state index in [0.29, 0.717) is 17.7 Å². The molecule has 0 saturated heterocycles. The van der Waals surface area contributed by atoms with Crippen LogP contribution in [-0.2, 0) is 24.2 Å². The van der Waals surface area contributed by atoms with Crippen molar-refractivity contribution >= 4 is 22.8 Å². The number of hydrogen-bond acceptors (Lipinski definition) is 5. The van der Waals surface area contributed by atoms with Gasteiger partial charge in [0.15, 0.2) is 5.56 Å². The smallest absolute Gasteiger partial charge is 0.490 e. The van der Waals surface area contributed by atoms with Gasteiger partial charge in [-0.2, -0.15) is 13.2 Å². The number of alkyl halides is 3. The van der Waals surface area contributed by atoms with Crippen molar-refractivity contribution in [3.63, 3.8) is 0 Å². The molecule has 0 bridgehead atoms. The molecule has 1 aliphatic carbocycles. The Morgan fingerprint density at radius 2 is 1.77 bits per heavy atom. The van der Waals surface area contributed by atoms with Crippen molar-refractivity contribution in [3.05, 3.63) is 51.4 Å². The molecule has 9 nitrogen and oxygen atoms in total. The molecule has 1 aromatic carbocycles. The third-order valence-corrected chi connectivity index (χ3v) is 5.69. The van der Waals surface area contributed by atoms with E-state index in [4.69, 9.17) is 9.90 Å². The van der Waals surface area contributed by atoms with E-state index >= 15 is 0 Å². The lowest BCUT2D eigenvalue weighted by Crippen LogP contribution is -2.21. The predicted molar refractivity (Wildman–Crippen MR) is 121 cm³/mol. The minimum absolute atomic E-state index is 0.413. The van der Waals surface area contributed by atoms with E-state index in [9.17, 15) is 33.0 Å². The highest BCUT2D eigenvalue weighted by Gasteiger charge is 2.38. The van der Waals surface area contributed by atoms with Crippen LogP contribution in [0.4, 0.5) is 13.2 Å². The molecule has 35 heavy (non-hydrogen) atoms. The lowest BCUT2D eigenvalue weighted by atomic mass is 10.00. The lowest BCUT2D eigenvalue weighted by molar-refractivity contribution is -0.192. The molecule has 188 valence electrons. The summed E-state index contributed by atoms with van der Waals surface area (Å²) >= 11 is 0. The second-order valence-corrected chi connectivity index (χ2v) is 8.29. The Labute approximate surface area is 197 Å². The molecule has 2 heterocycles. The number of halogens is 3. The van der Waals surface area contributed by atoms with Crippen molar-refractivity contribution in [2.24, 2.45) is 0 Å². The van der Waals surface area contributed by atoms with Gasteiger partial charge in [0, 0.05) is 40.8 Å². The van der Waals surface area contributed by atoms with Crippen molar-refractivity contribution in [2.75, 3.05) is 20.6 Å². The number of carboxylic acids is 2. The summed E-state index contributed by atoms with van der Waals surface area (Å²) in [6.07, 6.45) is -3.03. The number of fused-ring (bicyclic) bond motifs is 5. The number of aromatic nitrogens is 2. The van der Waals surface area contributed by atoms with E-state index in [1.807, 2.05) is 32.3 Å². The van der Waals surface area contributed by atoms with Crippen molar-refractivity contribution in [1.82, 2.24) is 14.5 Å². The molecule has 0 atom stereocenters. The second kappa shape index (κ2) is 9.82. The van der Waals surface area contributed by atoms with Crippen LogP contribution < -0.4 is 5.56 Å². The number of pyridine rings is 1. The summed E-state index contributed by atoms with van der Waals surface area (Å²) in [6, 6.07) is 8.01. The molecule has 4 rings (SSSR count). The van der Waals surface area contributed by atoms with Crippen LogP contribution in [0.25, 0.3) is 22.2 Å². The SMILES string of the molecule is CN(C)CCn1c2c(c3ccccc31)-c1[nH]c(=O)c(C(=O)O)c(O)c1CCC2.O=C(O)C(F)(F)F. The highest BCUT2D eigenvalue weighted by Crippen LogP contribution is 2.41. The van der Waals surface area contributed by atoms with Gasteiger partial charge in [-0.25, -0.2) is 9.59 Å². The summed E-state index contributed by atoms with van der Waals surface area (Å²) in [5.41, 5.74) is 2.77. The van der Waals surface area contributed by atoms with Gasteiger partial charge in [0.2, 0.25) is 0 Å². The fourth-order valence-corrected chi connectivity index (χ4v) is 4.17. The number of likely N-dealkylation sites (N-methyl/N-ethyl adjacent to an activating group) is 1. The Balaban J connectivity index is 0.000000429. The Morgan fingerprint density at radius 3 is 2.34 bits per heavy atom. The van der Waals surface area contributed by atoms with Crippen LogP contribution in [0.1, 0.15) is 28.0 Å². The Hall–Kier alpha value is -3.80. The summed E-state index contributed by atoms with van der Waals surface area (Å²) in [4.78, 5) is 37.6. The topological polar surface area (TPSA) is 136 Å². The van der Waals surface area contributed by atoms with Gasteiger partial charge < -0.3 is 29.8 Å². The van der Waals surface area contributed by atoms with Gasteiger partial charge in [0.05, 0.1) is 5.69 Å². The number of H-pyrrole nitrogens is 1. The number of carbonyl (C=O) groups is 2. The van der Waals surface area contributed by atoms with Crippen LogP contribution in [0.15, 0.2) is 29.1 Å². The third kappa shape index (κ3) is 5.16. The van der Waals surface area contributed by atoms with Crippen LogP contribution in [0.2, 0.25) is 0 Å². The van der Waals surface area contributed by atoms with Crippen molar-refractivity contribution in [1.29, 1.82) is 0 Å².